The maximum atomic E-state index is 12.5. The summed E-state index contributed by atoms with van der Waals surface area (Å²) in [5.74, 6) is -0.458. The van der Waals surface area contributed by atoms with E-state index in [9.17, 15) is 13.2 Å². The van der Waals surface area contributed by atoms with Gasteiger partial charge in [0.2, 0.25) is 0 Å². The maximum Gasteiger partial charge on any atom is 0.251 e. The number of likely N-dealkylation sites (N-methyl/N-ethyl adjacent to an activating group) is 1. The molecule has 0 aromatic heterocycles. The van der Waals surface area contributed by atoms with Crippen molar-refractivity contribution in [1.82, 2.24) is 10.6 Å². The average Bonchev–Trinajstić information content (AvgIpc) is 2.59. The van der Waals surface area contributed by atoms with E-state index in [0.29, 0.717) is 24.2 Å². The van der Waals surface area contributed by atoms with Crippen LogP contribution >= 0.6 is 0 Å². The molecule has 0 radical (unpaired) electrons. The van der Waals surface area contributed by atoms with Crippen LogP contribution in [0.5, 0.6) is 0 Å². The molecule has 2 aromatic rings. The lowest BCUT2D eigenvalue weighted by Crippen LogP contribution is -2.32. The van der Waals surface area contributed by atoms with E-state index in [1.54, 1.807) is 54.6 Å². The van der Waals surface area contributed by atoms with Gasteiger partial charge in [-0.15, -0.1) is 0 Å². The Morgan fingerprint density at radius 3 is 2.33 bits per heavy atom. The first-order chi connectivity index (χ1) is 11.5. The molecule has 5 nitrogen and oxygen atoms in total. The van der Waals surface area contributed by atoms with Gasteiger partial charge in [-0.1, -0.05) is 43.3 Å². The van der Waals surface area contributed by atoms with Gasteiger partial charge in [-0.05, 0) is 30.3 Å². The van der Waals surface area contributed by atoms with Crippen LogP contribution in [0.1, 0.15) is 22.8 Å². The number of hydrogen-bond acceptors (Lipinski definition) is 4. The third-order valence-corrected chi connectivity index (χ3v) is 5.23. The molecule has 24 heavy (non-hydrogen) atoms. The van der Waals surface area contributed by atoms with Crippen molar-refractivity contribution in [2.24, 2.45) is 0 Å². The first-order valence-corrected chi connectivity index (χ1v) is 9.54. The van der Waals surface area contributed by atoms with E-state index in [4.69, 9.17) is 0 Å². The van der Waals surface area contributed by atoms with E-state index in [1.807, 2.05) is 6.92 Å². The number of amides is 1. The van der Waals surface area contributed by atoms with Crippen molar-refractivity contribution < 1.29 is 13.2 Å². The number of hydrogen-bond donors (Lipinski definition) is 2. The quantitative estimate of drug-likeness (QED) is 0.717. The largest absolute Gasteiger partial charge is 0.351 e. The van der Waals surface area contributed by atoms with E-state index < -0.39 is 9.84 Å². The lowest BCUT2D eigenvalue weighted by atomic mass is 10.1. The smallest absolute Gasteiger partial charge is 0.251 e. The molecule has 0 aliphatic heterocycles. The van der Waals surface area contributed by atoms with Gasteiger partial charge < -0.3 is 10.6 Å². The highest BCUT2D eigenvalue weighted by Gasteiger charge is 2.19. The van der Waals surface area contributed by atoms with Crippen molar-refractivity contribution in [2.75, 3.05) is 19.6 Å². The molecule has 0 aliphatic carbocycles. The van der Waals surface area contributed by atoms with Crippen LogP contribution in [0, 0.1) is 0 Å². The molecule has 0 heterocycles. The van der Waals surface area contributed by atoms with E-state index in [-0.39, 0.29) is 16.6 Å². The van der Waals surface area contributed by atoms with Gasteiger partial charge in [0.1, 0.15) is 0 Å². The van der Waals surface area contributed by atoms with E-state index in [1.165, 1.54) is 0 Å². The Morgan fingerprint density at radius 1 is 0.958 bits per heavy atom. The number of rotatable bonds is 8. The molecule has 1 amide bonds. The highest BCUT2D eigenvalue weighted by atomic mass is 32.2. The van der Waals surface area contributed by atoms with Gasteiger partial charge in [-0.2, -0.15) is 0 Å². The fourth-order valence-electron chi connectivity index (χ4n) is 2.32. The number of benzene rings is 2. The van der Waals surface area contributed by atoms with Gasteiger partial charge in [0.15, 0.2) is 9.84 Å². The zero-order valence-corrected chi connectivity index (χ0v) is 14.5. The molecule has 0 spiro atoms. The Morgan fingerprint density at radius 2 is 1.62 bits per heavy atom. The molecule has 0 saturated heterocycles. The van der Waals surface area contributed by atoms with Crippen LogP contribution in [0.3, 0.4) is 0 Å². The van der Waals surface area contributed by atoms with Crippen LogP contribution in [0.15, 0.2) is 59.5 Å². The van der Waals surface area contributed by atoms with Crippen LogP contribution in [0.2, 0.25) is 0 Å². The van der Waals surface area contributed by atoms with Gasteiger partial charge in [0.25, 0.3) is 5.91 Å². The number of carbonyl (C=O) groups is 1. The predicted molar refractivity (Wildman–Crippen MR) is 94.7 cm³/mol. The van der Waals surface area contributed by atoms with Gasteiger partial charge in [0.05, 0.1) is 10.6 Å². The molecule has 0 bridgehead atoms. The van der Waals surface area contributed by atoms with Crippen LogP contribution in [0.4, 0.5) is 0 Å². The normalized spacial score (nSPS) is 11.2. The molecule has 128 valence electrons. The van der Waals surface area contributed by atoms with Crippen LogP contribution in [0.25, 0.3) is 0 Å². The molecule has 6 heteroatoms. The first kappa shape index (κ1) is 18.2. The van der Waals surface area contributed by atoms with E-state index >= 15 is 0 Å². The Labute approximate surface area is 143 Å². The van der Waals surface area contributed by atoms with Crippen molar-refractivity contribution in [3.63, 3.8) is 0 Å². The van der Waals surface area contributed by atoms with E-state index in [0.717, 1.165) is 6.54 Å². The SMILES string of the molecule is CCNCCNC(=O)c1ccccc1CS(=O)(=O)c1ccccc1. The Kier molecular flexibility index (Phi) is 6.52. The zero-order valence-electron chi connectivity index (χ0n) is 13.7. The van der Waals surface area contributed by atoms with E-state index in [2.05, 4.69) is 10.6 Å². The lowest BCUT2D eigenvalue weighted by molar-refractivity contribution is 0.0953. The zero-order chi connectivity index (χ0) is 17.4. The van der Waals surface area contributed by atoms with Crippen molar-refractivity contribution in [2.45, 2.75) is 17.6 Å². The van der Waals surface area contributed by atoms with Crippen molar-refractivity contribution in [1.29, 1.82) is 0 Å². The average molecular weight is 346 g/mol. The number of nitrogens with one attached hydrogen (secondary N) is 2. The summed E-state index contributed by atoms with van der Waals surface area (Å²) < 4.78 is 25.1. The van der Waals surface area contributed by atoms with Crippen molar-refractivity contribution >= 4 is 15.7 Å². The molecule has 0 saturated carbocycles. The second kappa shape index (κ2) is 8.61. The summed E-state index contributed by atoms with van der Waals surface area (Å²) in [5, 5.41) is 5.92. The third kappa shape index (κ3) is 4.91. The third-order valence-electron chi connectivity index (χ3n) is 3.55. The van der Waals surface area contributed by atoms with Gasteiger partial charge in [0, 0.05) is 18.7 Å². The fraction of sp³-hybridized carbons (Fsp3) is 0.278. The highest BCUT2D eigenvalue weighted by Crippen LogP contribution is 2.18. The highest BCUT2D eigenvalue weighted by molar-refractivity contribution is 7.90. The summed E-state index contributed by atoms with van der Waals surface area (Å²) in [6.45, 7) is 3.99. The standard InChI is InChI=1S/C18H22N2O3S/c1-2-19-12-13-20-18(21)17-11-7-6-8-15(17)14-24(22,23)16-9-4-3-5-10-16/h3-11,19H,2,12-14H2,1H3,(H,20,21). The molecule has 0 unspecified atom stereocenters. The second-order valence-corrected chi connectivity index (χ2v) is 7.33. The minimum absolute atomic E-state index is 0.201. The minimum Gasteiger partial charge on any atom is -0.351 e. The van der Waals surface area contributed by atoms with Gasteiger partial charge in [-0.3, -0.25) is 4.79 Å². The van der Waals surface area contributed by atoms with Gasteiger partial charge in [-0.25, -0.2) is 8.42 Å². The monoisotopic (exact) mass is 346 g/mol. The molecule has 0 atom stereocenters. The van der Waals surface area contributed by atoms with Crippen LogP contribution < -0.4 is 10.6 Å². The summed E-state index contributed by atoms with van der Waals surface area (Å²) in [4.78, 5) is 12.6. The second-order valence-electron chi connectivity index (χ2n) is 5.34. The fourth-order valence-corrected chi connectivity index (χ4v) is 3.72. The van der Waals surface area contributed by atoms with Crippen LogP contribution in [-0.2, 0) is 15.6 Å². The summed E-state index contributed by atoms with van der Waals surface area (Å²) in [6, 6.07) is 15.1. The number of carbonyl (C=O) groups excluding carboxylic acids is 1. The molecule has 0 fully saturated rings. The molecule has 2 aromatic carbocycles. The first-order valence-electron chi connectivity index (χ1n) is 7.89. The summed E-state index contributed by atoms with van der Waals surface area (Å²) in [6.07, 6.45) is 0. The molecule has 0 aliphatic rings. The molecular weight excluding hydrogens is 324 g/mol. The Balaban J connectivity index is 2.15. The summed E-state index contributed by atoms with van der Waals surface area (Å²) >= 11 is 0. The van der Waals surface area contributed by atoms with Gasteiger partial charge >= 0.3 is 0 Å². The molecular formula is C18H22N2O3S. The molecule has 2 N–H and O–H groups in total. The Bertz CT molecular complexity index is 774. The summed E-state index contributed by atoms with van der Waals surface area (Å²) in [5.41, 5.74) is 0.899. The predicted octanol–water partition coefficient (Wildman–Crippen LogP) is 2.00. The topological polar surface area (TPSA) is 75.3 Å². The minimum atomic E-state index is -3.49. The lowest BCUT2D eigenvalue weighted by Gasteiger charge is -2.11. The maximum absolute atomic E-state index is 12.5. The summed E-state index contributed by atoms with van der Waals surface area (Å²) in [7, 11) is -3.49. The molecule has 2 rings (SSSR count). The van der Waals surface area contributed by atoms with Crippen molar-refractivity contribution in [3.05, 3.63) is 65.7 Å². The number of sulfone groups is 1. The van der Waals surface area contributed by atoms with Crippen molar-refractivity contribution in [3.8, 4) is 0 Å². The Hall–Kier alpha value is -2.18. The van der Waals surface area contributed by atoms with Crippen LogP contribution in [-0.4, -0.2) is 34.0 Å².